The molecule has 186 valence electrons. The van der Waals surface area contributed by atoms with Gasteiger partial charge in [-0.25, -0.2) is 16.8 Å². The SMILES string of the molecule is Cc1cc(C)c(S(=O)(=O)N(C)CC(=O)NCc2ccc(S(=O)(=O)N3CCOCC3)cc2)c(C)c1. The van der Waals surface area contributed by atoms with Gasteiger partial charge in [0.05, 0.1) is 29.5 Å². The molecule has 0 atom stereocenters. The molecule has 0 spiro atoms. The zero-order chi connectivity index (χ0) is 25.1. The molecule has 1 amide bonds. The van der Waals surface area contributed by atoms with E-state index in [-0.39, 0.29) is 22.9 Å². The minimum Gasteiger partial charge on any atom is -0.379 e. The van der Waals surface area contributed by atoms with Crippen molar-refractivity contribution in [3.05, 3.63) is 58.7 Å². The second kappa shape index (κ2) is 10.5. The minimum absolute atomic E-state index is 0.146. The zero-order valence-electron chi connectivity index (χ0n) is 19.9. The molecule has 1 fully saturated rings. The summed E-state index contributed by atoms with van der Waals surface area (Å²) in [5.41, 5.74) is 2.94. The number of carbonyl (C=O) groups is 1. The topological polar surface area (TPSA) is 113 Å². The van der Waals surface area contributed by atoms with E-state index in [9.17, 15) is 21.6 Å². The Morgan fingerprint density at radius 1 is 1.00 bits per heavy atom. The number of hydrogen-bond acceptors (Lipinski definition) is 6. The van der Waals surface area contributed by atoms with Crippen molar-refractivity contribution in [2.24, 2.45) is 0 Å². The van der Waals surface area contributed by atoms with Gasteiger partial charge in [-0.1, -0.05) is 29.8 Å². The van der Waals surface area contributed by atoms with Crippen LogP contribution in [0.3, 0.4) is 0 Å². The molecule has 1 N–H and O–H groups in total. The lowest BCUT2D eigenvalue weighted by atomic mass is 10.1. The van der Waals surface area contributed by atoms with Crippen molar-refractivity contribution in [3.8, 4) is 0 Å². The van der Waals surface area contributed by atoms with Crippen LogP contribution >= 0.6 is 0 Å². The number of nitrogens with one attached hydrogen (secondary N) is 1. The van der Waals surface area contributed by atoms with Crippen molar-refractivity contribution in [1.82, 2.24) is 13.9 Å². The first kappa shape index (κ1) is 26.3. The average Bonchev–Trinajstić information content (AvgIpc) is 2.77. The zero-order valence-corrected chi connectivity index (χ0v) is 21.5. The first-order chi connectivity index (χ1) is 15.9. The highest BCUT2D eigenvalue weighted by Gasteiger charge is 2.27. The molecule has 11 heteroatoms. The second-order valence-corrected chi connectivity index (χ2v) is 12.3. The largest absolute Gasteiger partial charge is 0.379 e. The maximum absolute atomic E-state index is 13.0. The number of ether oxygens (including phenoxy) is 1. The molecule has 0 bridgehead atoms. The van der Waals surface area contributed by atoms with Crippen LogP contribution in [0.1, 0.15) is 22.3 Å². The number of nitrogens with zero attached hydrogens (tertiary/aromatic N) is 2. The molecule has 34 heavy (non-hydrogen) atoms. The van der Waals surface area contributed by atoms with Crippen LogP contribution in [0.25, 0.3) is 0 Å². The molecule has 0 aromatic heterocycles. The fraction of sp³-hybridized carbons (Fsp3) is 0.435. The molecule has 1 aliphatic heterocycles. The number of hydrogen-bond donors (Lipinski definition) is 1. The maximum atomic E-state index is 13.0. The third-order valence-corrected chi connectivity index (χ3v) is 9.68. The molecule has 3 rings (SSSR count). The van der Waals surface area contributed by atoms with Crippen molar-refractivity contribution in [3.63, 3.8) is 0 Å². The first-order valence-electron chi connectivity index (χ1n) is 10.9. The van der Waals surface area contributed by atoms with E-state index in [1.165, 1.54) is 23.5 Å². The average molecular weight is 510 g/mol. The fourth-order valence-corrected chi connectivity index (χ4v) is 6.93. The van der Waals surface area contributed by atoms with Gasteiger partial charge in [0.25, 0.3) is 0 Å². The van der Waals surface area contributed by atoms with Gasteiger partial charge in [0.1, 0.15) is 0 Å². The lowest BCUT2D eigenvalue weighted by molar-refractivity contribution is -0.121. The lowest BCUT2D eigenvalue weighted by Crippen LogP contribution is -2.40. The minimum atomic E-state index is -3.84. The van der Waals surface area contributed by atoms with Gasteiger partial charge in [-0.2, -0.15) is 8.61 Å². The third-order valence-electron chi connectivity index (χ3n) is 5.66. The van der Waals surface area contributed by atoms with Crippen molar-refractivity contribution < 1.29 is 26.4 Å². The van der Waals surface area contributed by atoms with Gasteiger partial charge in [-0.15, -0.1) is 0 Å². The Morgan fingerprint density at radius 2 is 1.56 bits per heavy atom. The number of sulfonamides is 2. The molecular weight excluding hydrogens is 478 g/mol. The number of amides is 1. The number of carbonyl (C=O) groups excluding carboxylic acids is 1. The second-order valence-electron chi connectivity index (χ2n) is 8.43. The quantitative estimate of drug-likeness (QED) is 0.578. The Hall–Kier alpha value is -2.31. The van der Waals surface area contributed by atoms with Crippen LogP contribution in [0.4, 0.5) is 0 Å². The summed E-state index contributed by atoms with van der Waals surface area (Å²) in [6.45, 7) is 6.57. The van der Waals surface area contributed by atoms with Crippen LogP contribution in [0.2, 0.25) is 0 Å². The van der Waals surface area contributed by atoms with E-state index in [1.54, 1.807) is 38.1 Å². The predicted molar refractivity (Wildman–Crippen MR) is 128 cm³/mol. The number of aryl methyl sites for hydroxylation is 3. The summed E-state index contributed by atoms with van der Waals surface area (Å²) >= 11 is 0. The molecule has 1 saturated heterocycles. The summed E-state index contributed by atoms with van der Waals surface area (Å²) in [6.07, 6.45) is 0. The standard InChI is InChI=1S/C23H31N3O6S2/c1-17-13-18(2)23(19(3)14-17)34(30,31)25(4)16-22(27)24-15-20-5-7-21(8-6-20)33(28,29)26-9-11-32-12-10-26/h5-8,13-14H,9-12,15-16H2,1-4H3,(H,24,27). The van der Waals surface area contributed by atoms with E-state index in [1.807, 2.05) is 6.92 Å². The Balaban J connectivity index is 1.60. The Bertz CT molecular complexity index is 1230. The molecule has 9 nitrogen and oxygen atoms in total. The normalized spacial score (nSPS) is 15.4. The van der Waals surface area contributed by atoms with E-state index in [0.717, 1.165) is 9.87 Å². The summed E-state index contributed by atoms with van der Waals surface area (Å²) in [4.78, 5) is 12.8. The number of likely N-dealkylation sites (N-methyl/N-ethyl adjacent to an activating group) is 1. The maximum Gasteiger partial charge on any atom is 0.243 e. The van der Waals surface area contributed by atoms with Crippen LogP contribution in [0.15, 0.2) is 46.2 Å². The Morgan fingerprint density at radius 3 is 2.12 bits per heavy atom. The van der Waals surface area contributed by atoms with Gasteiger partial charge >= 0.3 is 0 Å². The van der Waals surface area contributed by atoms with E-state index in [4.69, 9.17) is 4.74 Å². The van der Waals surface area contributed by atoms with Crippen molar-refractivity contribution in [2.45, 2.75) is 37.1 Å². The Labute approximate surface area is 201 Å². The van der Waals surface area contributed by atoms with Crippen LogP contribution in [-0.4, -0.2) is 71.2 Å². The van der Waals surface area contributed by atoms with Crippen molar-refractivity contribution in [2.75, 3.05) is 39.9 Å². The highest BCUT2D eigenvalue weighted by Crippen LogP contribution is 2.24. The van der Waals surface area contributed by atoms with Crippen LogP contribution < -0.4 is 5.32 Å². The van der Waals surface area contributed by atoms with Gasteiger partial charge in [0, 0.05) is 26.7 Å². The molecule has 0 unspecified atom stereocenters. The summed E-state index contributed by atoms with van der Waals surface area (Å²) in [6, 6.07) is 9.88. The monoisotopic (exact) mass is 509 g/mol. The molecule has 0 radical (unpaired) electrons. The van der Waals surface area contributed by atoms with Crippen molar-refractivity contribution >= 4 is 26.0 Å². The van der Waals surface area contributed by atoms with Gasteiger partial charge in [-0.3, -0.25) is 4.79 Å². The smallest absolute Gasteiger partial charge is 0.243 e. The molecule has 0 saturated carbocycles. The van der Waals surface area contributed by atoms with Gasteiger partial charge in [0.15, 0.2) is 0 Å². The van der Waals surface area contributed by atoms with Crippen LogP contribution in [0.5, 0.6) is 0 Å². The molecule has 1 heterocycles. The van der Waals surface area contributed by atoms with Crippen molar-refractivity contribution in [1.29, 1.82) is 0 Å². The predicted octanol–water partition coefficient (Wildman–Crippen LogP) is 1.57. The molecular formula is C23H31N3O6S2. The number of morpholine rings is 1. The van der Waals surface area contributed by atoms with Gasteiger partial charge in [0.2, 0.25) is 26.0 Å². The lowest BCUT2D eigenvalue weighted by Gasteiger charge is -2.26. The van der Waals surface area contributed by atoms with E-state index in [0.29, 0.717) is 43.0 Å². The molecule has 2 aromatic rings. The Kier molecular flexibility index (Phi) is 8.14. The van der Waals surface area contributed by atoms with E-state index < -0.39 is 26.0 Å². The van der Waals surface area contributed by atoms with Crippen LogP contribution in [0, 0.1) is 20.8 Å². The number of benzene rings is 2. The fourth-order valence-electron chi connectivity index (χ4n) is 3.99. The van der Waals surface area contributed by atoms with Gasteiger partial charge < -0.3 is 10.1 Å². The highest BCUT2D eigenvalue weighted by atomic mass is 32.2. The van der Waals surface area contributed by atoms with E-state index >= 15 is 0 Å². The highest BCUT2D eigenvalue weighted by molar-refractivity contribution is 7.89. The molecule has 1 aliphatic rings. The first-order valence-corrected chi connectivity index (χ1v) is 13.8. The summed E-state index contributed by atoms with van der Waals surface area (Å²) in [7, 11) is -6.05. The summed E-state index contributed by atoms with van der Waals surface area (Å²) in [5, 5.41) is 2.69. The van der Waals surface area contributed by atoms with E-state index in [2.05, 4.69) is 5.32 Å². The van der Waals surface area contributed by atoms with Crippen LogP contribution in [-0.2, 0) is 36.1 Å². The third kappa shape index (κ3) is 5.84. The summed E-state index contributed by atoms with van der Waals surface area (Å²) < 4.78 is 59.1. The number of rotatable bonds is 8. The van der Waals surface area contributed by atoms with Gasteiger partial charge in [-0.05, 0) is 49.6 Å². The molecule has 2 aromatic carbocycles. The summed E-state index contributed by atoms with van der Waals surface area (Å²) in [5.74, 6) is -0.460. The molecule has 0 aliphatic carbocycles.